The van der Waals surface area contributed by atoms with Crippen LogP contribution < -0.4 is 5.73 Å². The molecule has 100 valence electrons. The van der Waals surface area contributed by atoms with Gasteiger partial charge in [-0.25, -0.2) is 0 Å². The molecule has 1 aliphatic carbocycles. The molecule has 0 amide bonds. The van der Waals surface area contributed by atoms with Gasteiger partial charge >= 0.3 is 0 Å². The van der Waals surface area contributed by atoms with E-state index in [9.17, 15) is 4.79 Å². The highest BCUT2D eigenvalue weighted by Crippen LogP contribution is 2.29. The molecule has 2 unspecified atom stereocenters. The van der Waals surface area contributed by atoms with Crippen molar-refractivity contribution in [2.24, 2.45) is 11.7 Å². The quantitative estimate of drug-likeness (QED) is 0.824. The first kappa shape index (κ1) is 13.5. The Morgan fingerprint density at radius 3 is 3.06 bits per heavy atom. The summed E-state index contributed by atoms with van der Waals surface area (Å²) < 4.78 is 6.62. The Balaban J connectivity index is 2.16. The zero-order chi connectivity index (χ0) is 13.1. The van der Waals surface area contributed by atoms with E-state index in [1.807, 2.05) is 0 Å². The van der Waals surface area contributed by atoms with Gasteiger partial charge in [0.1, 0.15) is 5.69 Å². The van der Waals surface area contributed by atoms with E-state index in [-0.39, 0.29) is 17.7 Å². The van der Waals surface area contributed by atoms with Crippen molar-refractivity contribution in [1.29, 1.82) is 0 Å². The van der Waals surface area contributed by atoms with Crippen LogP contribution >= 0.6 is 11.6 Å². The maximum absolute atomic E-state index is 12.4. The van der Waals surface area contributed by atoms with Crippen LogP contribution in [0.5, 0.6) is 0 Å². The minimum atomic E-state index is -0.0181. The second-order valence-electron chi connectivity index (χ2n) is 4.69. The van der Waals surface area contributed by atoms with E-state index in [1.165, 1.54) is 6.20 Å². The normalized spacial score (nSPS) is 23.5. The number of nitrogens with zero attached hydrogens (tertiary/aromatic N) is 2. The van der Waals surface area contributed by atoms with Crippen molar-refractivity contribution < 1.29 is 9.53 Å². The van der Waals surface area contributed by atoms with Gasteiger partial charge in [-0.05, 0) is 19.3 Å². The average Bonchev–Trinajstić information content (AvgIpc) is 2.92. The molecule has 0 spiro atoms. The highest BCUT2D eigenvalue weighted by molar-refractivity contribution is 6.33. The van der Waals surface area contributed by atoms with Gasteiger partial charge in [-0.3, -0.25) is 9.48 Å². The Kier molecular flexibility index (Phi) is 4.37. The Morgan fingerprint density at radius 2 is 2.44 bits per heavy atom. The molecule has 1 heterocycles. The molecule has 2 rings (SSSR count). The fourth-order valence-corrected chi connectivity index (χ4v) is 2.64. The molecule has 0 radical (unpaired) electrons. The molecule has 1 aromatic rings. The van der Waals surface area contributed by atoms with E-state index >= 15 is 0 Å². The number of ether oxygens (including phenoxy) is 1. The maximum Gasteiger partial charge on any atom is 0.185 e. The van der Waals surface area contributed by atoms with Crippen molar-refractivity contribution in [2.45, 2.75) is 31.8 Å². The monoisotopic (exact) mass is 271 g/mol. The largest absolute Gasteiger partial charge is 0.383 e. The summed E-state index contributed by atoms with van der Waals surface area (Å²) in [4.78, 5) is 12.4. The SMILES string of the molecule is COCCn1ncc(Cl)c1C(=O)C1CCC(N)C1. The molecule has 0 aliphatic heterocycles. The number of carbonyl (C=O) groups excluding carboxylic acids is 1. The maximum atomic E-state index is 12.4. The van der Waals surface area contributed by atoms with Crippen molar-refractivity contribution in [1.82, 2.24) is 9.78 Å². The van der Waals surface area contributed by atoms with Gasteiger partial charge in [-0.1, -0.05) is 11.6 Å². The first-order valence-electron chi connectivity index (χ1n) is 6.13. The second-order valence-corrected chi connectivity index (χ2v) is 5.10. The van der Waals surface area contributed by atoms with E-state index < -0.39 is 0 Å². The lowest BCUT2D eigenvalue weighted by atomic mass is 10.00. The Hall–Kier alpha value is -0.910. The summed E-state index contributed by atoms with van der Waals surface area (Å²) >= 11 is 6.06. The zero-order valence-electron chi connectivity index (χ0n) is 10.4. The molecule has 18 heavy (non-hydrogen) atoms. The van der Waals surface area contributed by atoms with Crippen LogP contribution in [0.25, 0.3) is 0 Å². The number of carbonyl (C=O) groups is 1. The fourth-order valence-electron chi connectivity index (χ4n) is 2.40. The summed E-state index contributed by atoms with van der Waals surface area (Å²) in [5, 5.41) is 4.53. The van der Waals surface area contributed by atoms with Crippen LogP contribution in [0.4, 0.5) is 0 Å². The predicted molar refractivity (Wildman–Crippen MR) is 68.8 cm³/mol. The van der Waals surface area contributed by atoms with E-state index in [1.54, 1.807) is 11.8 Å². The van der Waals surface area contributed by atoms with Crippen LogP contribution in [0.1, 0.15) is 29.8 Å². The minimum absolute atomic E-state index is 0.0181. The highest BCUT2D eigenvalue weighted by Gasteiger charge is 2.31. The molecular weight excluding hydrogens is 254 g/mol. The molecule has 2 N–H and O–H groups in total. The van der Waals surface area contributed by atoms with Gasteiger partial charge in [0.15, 0.2) is 5.78 Å². The number of hydrogen-bond donors (Lipinski definition) is 1. The van der Waals surface area contributed by atoms with Crippen molar-refractivity contribution >= 4 is 17.4 Å². The van der Waals surface area contributed by atoms with Crippen LogP contribution in [0, 0.1) is 5.92 Å². The second kappa shape index (κ2) is 5.82. The number of aromatic nitrogens is 2. The van der Waals surface area contributed by atoms with Crippen molar-refractivity contribution in [3.63, 3.8) is 0 Å². The first-order chi connectivity index (χ1) is 8.63. The summed E-state index contributed by atoms with van der Waals surface area (Å²) in [6.45, 7) is 1.03. The molecule has 0 aromatic carbocycles. The Labute approximate surface area is 111 Å². The zero-order valence-corrected chi connectivity index (χ0v) is 11.2. The van der Waals surface area contributed by atoms with Gasteiger partial charge in [0.2, 0.25) is 0 Å². The van der Waals surface area contributed by atoms with Gasteiger partial charge in [0.05, 0.1) is 24.4 Å². The van der Waals surface area contributed by atoms with Gasteiger partial charge in [0, 0.05) is 19.1 Å². The fraction of sp³-hybridized carbons (Fsp3) is 0.667. The third-order valence-electron chi connectivity index (χ3n) is 3.38. The standard InChI is InChI=1S/C12H18ClN3O2/c1-18-5-4-16-11(10(13)7-15-16)12(17)8-2-3-9(14)6-8/h7-9H,2-6,14H2,1H3. The number of nitrogens with two attached hydrogens (primary N) is 1. The molecule has 1 fully saturated rings. The number of methoxy groups -OCH3 is 1. The Bertz CT molecular complexity index is 433. The van der Waals surface area contributed by atoms with Crippen LogP contribution in [0.2, 0.25) is 5.02 Å². The molecule has 1 aliphatic rings. The van der Waals surface area contributed by atoms with Gasteiger partial charge in [0.25, 0.3) is 0 Å². The first-order valence-corrected chi connectivity index (χ1v) is 6.51. The van der Waals surface area contributed by atoms with Crippen molar-refractivity contribution in [3.05, 3.63) is 16.9 Å². The summed E-state index contributed by atoms with van der Waals surface area (Å²) in [7, 11) is 1.61. The van der Waals surface area contributed by atoms with Gasteiger partial charge in [-0.2, -0.15) is 5.10 Å². The topological polar surface area (TPSA) is 70.1 Å². The van der Waals surface area contributed by atoms with E-state index in [2.05, 4.69) is 5.10 Å². The smallest absolute Gasteiger partial charge is 0.185 e. The van der Waals surface area contributed by atoms with Crippen LogP contribution in [0.3, 0.4) is 0 Å². The van der Waals surface area contributed by atoms with E-state index in [0.717, 1.165) is 19.3 Å². The number of rotatable bonds is 5. The van der Waals surface area contributed by atoms with E-state index in [0.29, 0.717) is 23.9 Å². The molecule has 0 bridgehead atoms. The number of halogens is 1. The van der Waals surface area contributed by atoms with Crippen molar-refractivity contribution in [2.75, 3.05) is 13.7 Å². The number of Topliss-reactive ketones (excluding diaryl/α,β-unsaturated/α-hetero) is 1. The molecule has 5 nitrogen and oxygen atoms in total. The van der Waals surface area contributed by atoms with Crippen LogP contribution in [-0.4, -0.2) is 35.3 Å². The number of ketones is 1. The summed E-state index contributed by atoms with van der Waals surface area (Å²) in [5.74, 6) is 0.0389. The lowest BCUT2D eigenvalue weighted by molar-refractivity contribution is 0.0907. The summed E-state index contributed by atoms with van der Waals surface area (Å²) in [6.07, 6.45) is 4.00. The van der Waals surface area contributed by atoms with Crippen LogP contribution in [0.15, 0.2) is 6.20 Å². The predicted octanol–water partition coefficient (Wildman–Crippen LogP) is 1.49. The van der Waals surface area contributed by atoms with E-state index in [4.69, 9.17) is 22.1 Å². The lowest BCUT2D eigenvalue weighted by Crippen LogP contribution is -2.21. The molecular formula is C12H18ClN3O2. The number of hydrogen-bond acceptors (Lipinski definition) is 4. The molecule has 1 aromatic heterocycles. The minimum Gasteiger partial charge on any atom is -0.383 e. The van der Waals surface area contributed by atoms with Crippen molar-refractivity contribution in [3.8, 4) is 0 Å². The Morgan fingerprint density at radius 1 is 1.67 bits per heavy atom. The van der Waals surface area contributed by atoms with Gasteiger partial charge < -0.3 is 10.5 Å². The third-order valence-corrected chi connectivity index (χ3v) is 3.66. The highest BCUT2D eigenvalue weighted by atomic mass is 35.5. The summed E-state index contributed by atoms with van der Waals surface area (Å²) in [6, 6.07) is 0.132. The molecule has 0 saturated heterocycles. The van der Waals surface area contributed by atoms with Crippen LogP contribution in [-0.2, 0) is 11.3 Å². The molecule has 6 heteroatoms. The molecule has 1 saturated carbocycles. The lowest BCUT2D eigenvalue weighted by Gasteiger charge is -2.11. The third kappa shape index (κ3) is 2.74. The summed E-state index contributed by atoms with van der Waals surface area (Å²) in [5.41, 5.74) is 6.34. The van der Waals surface area contributed by atoms with Gasteiger partial charge in [-0.15, -0.1) is 0 Å². The molecule has 2 atom stereocenters. The average molecular weight is 272 g/mol.